The van der Waals surface area contributed by atoms with Crippen LogP contribution < -0.4 is 5.32 Å². The van der Waals surface area contributed by atoms with E-state index in [1.165, 1.54) is 12.8 Å². The number of carbonyl (C=O) groups excluding carboxylic acids is 1. The van der Waals surface area contributed by atoms with Crippen molar-refractivity contribution in [2.75, 3.05) is 19.6 Å². The molecule has 2 atom stereocenters. The summed E-state index contributed by atoms with van der Waals surface area (Å²) in [4.78, 5) is 13.7. The average molecular weight is 256 g/mol. The Labute approximate surface area is 111 Å². The second kappa shape index (κ2) is 7.62. The third kappa shape index (κ3) is 5.25. The van der Waals surface area contributed by atoms with Crippen LogP contribution in [0, 0.1) is 11.8 Å². The van der Waals surface area contributed by atoms with Gasteiger partial charge in [0.2, 0.25) is 0 Å². The summed E-state index contributed by atoms with van der Waals surface area (Å²) < 4.78 is 0. The lowest BCUT2D eigenvalue weighted by Gasteiger charge is -2.18. The first-order chi connectivity index (χ1) is 8.50. The molecule has 0 aromatic rings. The van der Waals surface area contributed by atoms with Crippen molar-refractivity contribution in [3.63, 3.8) is 0 Å². The Bertz CT molecular complexity index is 254. The molecule has 0 radical (unpaired) electrons. The van der Waals surface area contributed by atoms with Crippen molar-refractivity contribution in [1.82, 2.24) is 10.2 Å². The number of hydrogen-bond acceptors (Lipinski definition) is 2. The average Bonchev–Trinajstić information content (AvgIpc) is 2.77. The first-order valence-corrected chi connectivity index (χ1v) is 7.21. The fourth-order valence-corrected chi connectivity index (χ4v) is 2.35. The normalized spacial score (nSPS) is 21.4. The van der Waals surface area contributed by atoms with E-state index in [4.69, 9.17) is 0 Å². The van der Waals surface area contributed by atoms with E-state index >= 15 is 0 Å². The van der Waals surface area contributed by atoms with Gasteiger partial charge in [-0.15, -0.1) is 0 Å². The molecule has 1 aliphatic rings. The molecule has 0 aliphatic carbocycles. The van der Waals surface area contributed by atoms with E-state index in [-0.39, 0.29) is 18.1 Å². The molecule has 2 N–H and O–H groups in total. The van der Waals surface area contributed by atoms with Crippen LogP contribution in [0.25, 0.3) is 0 Å². The van der Waals surface area contributed by atoms with E-state index in [0.717, 1.165) is 31.8 Å². The Balaban J connectivity index is 2.11. The van der Waals surface area contributed by atoms with Crippen LogP contribution in [0.2, 0.25) is 0 Å². The summed E-state index contributed by atoms with van der Waals surface area (Å²) in [5.41, 5.74) is 0. The Morgan fingerprint density at radius 2 is 2.11 bits per heavy atom. The monoisotopic (exact) mass is 256 g/mol. The van der Waals surface area contributed by atoms with E-state index in [1.807, 2.05) is 4.90 Å². The highest BCUT2D eigenvalue weighted by Gasteiger charge is 2.28. The van der Waals surface area contributed by atoms with Crippen LogP contribution in [-0.2, 0) is 0 Å². The second-order valence-corrected chi connectivity index (χ2v) is 5.86. The zero-order chi connectivity index (χ0) is 13.5. The van der Waals surface area contributed by atoms with E-state index in [2.05, 4.69) is 19.2 Å². The van der Waals surface area contributed by atoms with Gasteiger partial charge in [0.25, 0.3) is 0 Å². The zero-order valence-electron chi connectivity index (χ0n) is 12.0. The van der Waals surface area contributed by atoms with E-state index in [0.29, 0.717) is 6.54 Å². The van der Waals surface area contributed by atoms with Crippen molar-refractivity contribution in [2.45, 2.75) is 52.6 Å². The Morgan fingerprint density at radius 3 is 2.67 bits per heavy atom. The molecule has 1 aliphatic heterocycles. The van der Waals surface area contributed by atoms with Crippen molar-refractivity contribution >= 4 is 6.03 Å². The molecule has 18 heavy (non-hydrogen) atoms. The molecule has 1 heterocycles. The maximum Gasteiger partial charge on any atom is 0.317 e. The van der Waals surface area contributed by atoms with Crippen molar-refractivity contribution in [1.29, 1.82) is 0 Å². The van der Waals surface area contributed by atoms with Gasteiger partial charge < -0.3 is 15.3 Å². The predicted molar refractivity (Wildman–Crippen MR) is 73.4 cm³/mol. The molecule has 0 saturated carbocycles. The van der Waals surface area contributed by atoms with E-state index in [1.54, 1.807) is 6.92 Å². The van der Waals surface area contributed by atoms with Gasteiger partial charge in [0.15, 0.2) is 0 Å². The smallest absolute Gasteiger partial charge is 0.317 e. The van der Waals surface area contributed by atoms with E-state index < -0.39 is 0 Å². The number of nitrogens with zero attached hydrogens (tertiary/aromatic N) is 1. The number of aliphatic hydroxyl groups is 1. The molecule has 4 heteroatoms. The summed E-state index contributed by atoms with van der Waals surface area (Å²) in [7, 11) is 0. The minimum Gasteiger partial charge on any atom is -0.393 e. The highest BCUT2D eigenvalue weighted by molar-refractivity contribution is 5.74. The summed E-state index contributed by atoms with van der Waals surface area (Å²) >= 11 is 0. The molecule has 0 bridgehead atoms. The molecule has 0 aromatic heterocycles. The molecule has 106 valence electrons. The first-order valence-electron chi connectivity index (χ1n) is 7.21. The highest BCUT2D eigenvalue weighted by atomic mass is 16.3. The lowest BCUT2D eigenvalue weighted by atomic mass is 10.0. The lowest BCUT2D eigenvalue weighted by Crippen LogP contribution is -2.39. The molecule has 0 spiro atoms. The highest BCUT2D eigenvalue weighted by Crippen LogP contribution is 2.19. The summed E-state index contributed by atoms with van der Waals surface area (Å²) in [6.45, 7) is 8.47. The van der Waals surface area contributed by atoms with Crippen LogP contribution in [-0.4, -0.2) is 41.8 Å². The third-order valence-electron chi connectivity index (χ3n) is 3.68. The molecule has 2 amide bonds. The van der Waals surface area contributed by atoms with Gasteiger partial charge in [-0.25, -0.2) is 4.79 Å². The maximum atomic E-state index is 11.8. The summed E-state index contributed by atoms with van der Waals surface area (Å²) in [5, 5.41) is 12.5. The summed E-state index contributed by atoms with van der Waals surface area (Å²) in [6.07, 6.45) is 4.06. The van der Waals surface area contributed by atoms with Gasteiger partial charge in [0.1, 0.15) is 0 Å². The number of urea groups is 1. The first kappa shape index (κ1) is 15.3. The fourth-order valence-electron chi connectivity index (χ4n) is 2.35. The maximum absolute atomic E-state index is 11.8. The quantitative estimate of drug-likeness (QED) is 0.716. The van der Waals surface area contributed by atoms with Gasteiger partial charge in [-0.2, -0.15) is 0 Å². The molecular formula is C14H28N2O2. The standard InChI is InChI=1S/C14H28N2O2/c1-11(2)6-4-5-8-15-14(18)16-9-7-13(10-16)12(3)17/h11-13,17H,4-10H2,1-3H3,(H,15,18)/t12-,13-/m1/s1. The van der Waals surface area contributed by atoms with Crippen LogP contribution in [0.4, 0.5) is 4.79 Å². The molecule has 0 aromatic carbocycles. The molecule has 0 unspecified atom stereocenters. The van der Waals surface area contributed by atoms with Crippen molar-refractivity contribution in [2.24, 2.45) is 11.8 Å². The van der Waals surface area contributed by atoms with Crippen LogP contribution in [0.1, 0.15) is 46.5 Å². The number of likely N-dealkylation sites (tertiary alicyclic amines) is 1. The molecular weight excluding hydrogens is 228 g/mol. The zero-order valence-corrected chi connectivity index (χ0v) is 12.0. The minimum atomic E-state index is -0.311. The van der Waals surface area contributed by atoms with Crippen molar-refractivity contribution in [3.05, 3.63) is 0 Å². The predicted octanol–water partition coefficient (Wildman–Crippen LogP) is 2.23. The second-order valence-electron chi connectivity index (χ2n) is 5.86. The molecule has 1 saturated heterocycles. The SMILES string of the molecule is CC(C)CCCCNC(=O)N1CC[C@@H]([C@@H](C)O)C1. The van der Waals surface area contributed by atoms with Crippen LogP contribution in [0.3, 0.4) is 0 Å². The Morgan fingerprint density at radius 1 is 1.39 bits per heavy atom. The van der Waals surface area contributed by atoms with Gasteiger partial charge in [0, 0.05) is 25.6 Å². The minimum absolute atomic E-state index is 0.0303. The number of hydrogen-bond donors (Lipinski definition) is 2. The summed E-state index contributed by atoms with van der Waals surface area (Å²) in [6, 6.07) is 0.0303. The van der Waals surface area contributed by atoms with Gasteiger partial charge in [-0.3, -0.25) is 0 Å². The van der Waals surface area contributed by atoms with Crippen molar-refractivity contribution in [3.8, 4) is 0 Å². The Kier molecular flexibility index (Phi) is 6.47. The topological polar surface area (TPSA) is 52.6 Å². The van der Waals surface area contributed by atoms with Crippen LogP contribution >= 0.6 is 0 Å². The van der Waals surface area contributed by atoms with Gasteiger partial charge in [-0.05, 0) is 25.7 Å². The largest absolute Gasteiger partial charge is 0.393 e. The molecule has 4 nitrogen and oxygen atoms in total. The summed E-state index contributed by atoms with van der Waals surface area (Å²) in [5.74, 6) is 0.989. The van der Waals surface area contributed by atoms with Gasteiger partial charge in [0.05, 0.1) is 6.10 Å². The molecule has 1 fully saturated rings. The van der Waals surface area contributed by atoms with Crippen molar-refractivity contribution < 1.29 is 9.90 Å². The fraction of sp³-hybridized carbons (Fsp3) is 0.929. The van der Waals surface area contributed by atoms with Crippen LogP contribution in [0.5, 0.6) is 0 Å². The van der Waals surface area contributed by atoms with E-state index in [9.17, 15) is 9.90 Å². The lowest BCUT2D eigenvalue weighted by molar-refractivity contribution is 0.129. The number of aliphatic hydroxyl groups excluding tert-OH is 1. The van der Waals surface area contributed by atoms with Gasteiger partial charge in [-0.1, -0.05) is 26.7 Å². The molecule has 1 rings (SSSR count). The van der Waals surface area contributed by atoms with Crippen LogP contribution in [0.15, 0.2) is 0 Å². The number of unbranched alkanes of at least 4 members (excludes halogenated alkanes) is 1. The van der Waals surface area contributed by atoms with Gasteiger partial charge >= 0.3 is 6.03 Å². The Hall–Kier alpha value is -0.770. The third-order valence-corrected chi connectivity index (χ3v) is 3.68. The number of rotatable bonds is 6. The number of carbonyl (C=O) groups is 1. The number of amides is 2. The number of nitrogens with one attached hydrogen (secondary N) is 1.